The second-order valence-corrected chi connectivity index (χ2v) is 7.52. The summed E-state index contributed by atoms with van der Waals surface area (Å²) in [5.41, 5.74) is 2.49. The molecule has 0 amide bonds. The Labute approximate surface area is 176 Å². The van der Waals surface area contributed by atoms with E-state index in [-0.39, 0.29) is 11.2 Å². The molecule has 146 valence electrons. The fraction of sp³-hybridized carbons (Fsp3) is 0.125. The maximum atomic E-state index is 12.7. The molecule has 29 heavy (non-hydrogen) atoms. The zero-order valence-electron chi connectivity index (χ0n) is 15.9. The van der Waals surface area contributed by atoms with Crippen molar-refractivity contribution in [2.24, 2.45) is 0 Å². The number of fused-ring (bicyclic) bond motifs is 1. The molecule has 0 unspecified atom stereocenters. The van der Waals surface area contributed by atoms with Crippen molar-refractivity contribution < 1.29 is 13.9 Å². The monoisotopic (exact) mass is 450 g/mol. The van der Waals surface area contributed by atoms with Gasteiger partial charge in [-0.2, -0.15) is 0 Å². The van der Waals surface area contributed by atoms with E-state index in [2.05, 4.69) is 22.9 Å². The van der Waals surface area contributed by atoms with Gasteiger partial charge in [-0.1, -0.05) is 47.1 Å². The summed E-state index contributed by atoms with van der Waals surface area (Å²) in [6.45, 7) is 2.52. The van der Waals surface area contributed by atoms with E-state index in [1.165, 1.54) is 11.8 Å². The molecule has 0 fully saturated rings. The van der Waals surface area contributed by atoms with E-state index in [1.54, 1.807) is 18.2 Å². The van der Waals surface area contributed by atoms with Gasteiger partial charge in [0.1, 0.15) is 30.0 Å². The van der Waals surface area contributed by atoms with Gasteiger partial charge in [-0.15, -0.1) is 0 Å². The maximum absolute atomic E-state index is 12.7. The summed E-state index contributed by atoms with van der Waals surface area (Å²) in [6.07, 6.45) is 2.29. The van der Waals surface area contributed by atoms with E-state index in [9.17, 15) is 4.79 Å². The lowest BCUT2D eigenvalue weighted by atomic mass is 10.2. The molecule has 0 aliphatic heterocycles. The normalized spacial score (nSPS) is 10.8. The summed E-state index contributed by atoms with van der Waals surface area (Å²) in [7, 11) is 0. The van der Waals surface area contributed by atoms with Crippen molar-refractivity contribution in [3.8, 4) is 17.2 Å². The molecular formula is C24H19BrO4. The number of aryl methyl sites for hydroxylation is 1. The van der Waals surface area contributed by atoms with E-state index >= 15 is 0 Å². The molecule has 0 radical (unpaired) electrons. The number of rotatable bonds is 6. The highest BCUT2D eigenvalue weighted by molar-refractivity contribution is 9.10. The molecule has 0 saturated carbocycles. The first-order valence-electron chi connectivity index (χ1n) is 9.32. The molecule has 0 aliphatic carbocycles. The van der Waals surface area contributed by atoms with Crippen LogP contribution in [0.5, 0.6) is 17.2 Å². The average Bonchev–Trinajstić information content (AvgIpc) is 2.76. The molecule has 1 aromatic heterocycles. The molecular weight excluding hydrogens is 432 g/mol. The topological polar surface area (TPSA) is 48.7 Å². The number of hydrogen-bond donors (Lipinski definition) is 0. The average molecular weight is 451 g/mol. The lowest BCUT2D eigenvalue weighted by molar-refractivity contribution is 0.306. The van der Waals surface area contributed by atoms with Gasteiger partial charge in [0, 0.05) is 10.5 Å². The third-order valence-electron chi connectivity index (χ3n) is 4.59. The standard InChI is InChI=1S/C24H19BrO4/c1-2-16-5-9-19(10-6-16)29-23-15-28-22-13-20(11-12-21(22)24(23)26)27-14-17-3-7-18(25)8-4-17/h3-13,15H,2,14H2,1H3. The van der Waals surface area contributed by atoms with Crippen LogP contribution in [-0.2, 0) is 13.0 Å². The molecule has 4 nitrogen and oxygen atoms in total. The minimum absolute atomic E-state index is 0.158. The van der Waals surface area contributed by atoms with Gasteiger partial charge < -0.3 is 13.9 Å². The fourth-order valence-electron chi connectivity index (χ4n) is 2.92. The third-order valence-corrected chi connectivity index (χ3v) is 5.12. The molecule has 3 aromatic carbocycles. The molecule has 1 heterocycles. The van der Waals surface area contributed by atoms with Gasteiger partial charge >= 0.3 is 0 Å². The number of ether oxygens (including phenoxy) is 2. The van der Waals surface area contributed by atoms with Gasteiger partial charge in [-0.3, -0.25) is 4.79 Å². The molecule has 0 atom stereocenters. The van der Waals surface area contributed by atoms with Crippen LogP contribution in [0.1, 0.15) is 18.1 Å². The van der Waals surface area contributed by atoms with Crippen LogP contribution in [0, 0.1) is 0 Å². The minimum atomic E-state index is -0.217. The molecule has 0 aliphatic rings. The van der Waals surface area contributed by atoms with Crippen molar-refractivity contribution in [3.63, 3.8) is 0 Å². The van der Waals surface area contributed by atoms with Gasteiger partial charge in [0.25, 0.3) is 0 Å². The minimum Gasteiger partial charge on any atom is -0.489 e. The van der Waals surface area contributed by atoms with Crippen molar-refractivity contribution in [1.82, 2.24) is 0 Å². The van der Waals surface area contributed by atoms with Crippen LogP contribution < -0.4 is 14.9 Å². The zero-order chi connectivity index (χ0) is 20.2. The summed E-state index contributed by atoms with van der Waals surface area (Å²) in [4.78, 5) is 12.7. The molecule has 5 heteroatoms. The number of halogens is 1. The predicted octanol–water partition coefficient (Wildman–Crippen LogP) is 6.49. The van der Waals surface area contributed by atoms with E-state index < -0.39 is 0 Å². The fourth-order valence-corrected chi connectivity index (χ4v) is 3.18. The van der Waals surface area contributed by atoms with Gasteiger partial charge in [-0.25, -0.2) is 0 Å². The summed E-state index contributed by atoms with van der Waals surface area (Å²) in [5, 5.41) is 0.448. The van der Waals surface area contributed by atoms with E-state index in [0.717, 1.165) is 16.5 Å². The van der Waals surface area contributed by atoms with Crippen molar-refractivity contribution in [3.05, 3.63) is 98.8 Å². The van der Waals surface area contributed by atoms with Crippen molar-refractivity contribution in [2.75, 3.05) is 0 Å². The van der Waals surface area contributed by atoms with Crippen LogP contribution in [0.15, 0.2) is 86.7 Å². The van der Waals surface area contributed by atoms with Crippen molar-refractivity contribution >= 4 is 26.9 Å². The van der Waals surface area contributed by atoms with Crippen molar-refractivity contribution in [1.29, 1.82) is 0 Å². The SMILES string of the molecule is CCc1ccc(Oc2coc3cc(OCc4ccc(Br)cc4)ccc3c2=O)cc1. The summed E-state index contributed by atoms with van der Waals surface area (Å²) in [5.74, 6) is 1.39. The van der Waals surface area contributed by atoms with Crippen LogP contribution in [0.3, 0.4) is 0 Å². The zero-order valence-corrected chi connectivity index (χ0v) is 17.4. The predicted molar refractivity (Wildman–Crippen MR) is 117 cm³/mol. The van der Waals surface area contributed by atoms with E-state index in [4.69, 9.17) is 13.9 Å². The second-order valence-electron chi connectivity index (χ2n) is 6.60. The van der Waals surface area contributed by atoms with Crippen LogP contribution in [0.2, 0.25) is 0 Å². The number of hydrogen-bond acceptors (Lipinski definition) is 4. The number of benzene rings is 3. The summed E-state index contributed by atoms with van der Waals surface area (Å²) < 4.78 is 18.2. The van der Waals surface area contributed by atoms with Crippen molar-refractivity contribution in [2.45, 2.75) is 20.0 Å². The highest BCUT2D eigenvalue weighted by Crippen LogP contribution is 2.25. The Morgan fingerprint density at radius 1 is 0.897 bits per heavy atom. The highest BCUT2D eigenvalue weighted by atomic mass is 79.9. The Morgan fingerprint density at radius 3 is 2.31 bits per heavy atom. The Balaban J connectivity index is 1.52. The van der Waals surface area contributed by atoms with Crippen LogP contribution in [-0.4, -0.2) is 0 Å². The largest absolute Gasteiger partial charge is 0.489 e. The Morgan fingerprint density at radius 2 is 1.59 bits per heavy atom. The lowest BCUT2D eigenvalue weighted by Crippen LogP contribution is -2.05. The first-order valence-corrected chi connectivity index (χ1v) is 10.1. The molecule has 4 rings (SSSR count). The highest BCUT2D eigenvalue weighted by Gasteiger charge is 2.10. The summed E-state index contributed by atoms with van der Waals surface area (Å²) in [6, 6.07) is 20.7. The lowest BCUT2D eigenvalue weighted by Gasteiger charge is -2.09. The maximum Gasteiger partial charge on any atom is 0.235 e. The van der Waals surface area contributed by atoms with E-state index in [1.807, 2.05) is 48.5 Å². The Hall–Kier alpha value is -3.05. The van der Waals surface area contributed by atoms with Gasteiger partial charge in [0.2, 0.25) is 11.2 Å². The van der Waals surface area contributed by atoms with Crippen LogP contribution in [0.25, 0.3) is 11.0 Å². The molecule has 0 saturated heterocycles. The molecule has 0 N–H and O–H groups in total. The Kier molecular flexibility index (Phi) is 5.67. The third kappa shape index (κ3) is 4.51. The first kappa shape index (κ1) is 19.3. The first-order chi connectivity index (χ1) is 14.1. The second kappa shape index (κ2) is 8.53. The van der Waals surface area contributed by atoms with Gasteiger partial charge in [-0.05, 0) is 53.9 Å². The quantitative estimate of drug-likeness (QED) is 0.336. The smallest absolute Gasteiger partial charge is 0.235 e. The van der Waals surface area contributed by atoms with Crippen LogP contribution >= 0.6 is 15.9 Å². The molecule has 0 bridgehead atoms. The molecule has 4 aromatic rings. The molecule has 0 spiro atoms. The summed E-state index contributed by atoms with van der Waals surface area (Å²) >= 11 is 3.42. The van der Waals surface area contributed by atoms with E-state index in [0.29, 0.717) is 29.1 Å². The van der Waals surface area contributed by atoms with Gasteiger partial charge in [0.05, 0.1) is 5.39 Å². The van der Waals surface area contributed by atoms with Crippen LogP contribution in [0.4, 0.5) is 0 Å². The van der Waals surface area contributed by atoms with Gasteiger partial charge in [0.15, 0.2) is 0 Å². The Bertz CT molecular complexity index is 1180.